The third-order valence-corrected chi connectivity index (χ3v) is 4.64. The van der Waals surface area contributed by atoms with Gasteiger partial charge < -0.3 is 15.5 Å². The van der Waals surface area contributed by atoms with Crippen LogP contribution in [0.15, 0.2) is 42.5 Å². The number of carbonyl (C=O) groups is 1. The van der Waals surface area contributed by atoms with Crippen LogP contribution in [0.25, 0.3) is 0 Å². The topological polar surface area (TPSA) is 44.4 Å². The second-order valence-electron chi connectivity index (χ2n) is 5.74. The van der Waals surface area contributed by atoms with Crippen LogP contribution in [-0.2, 0) is 4.79 Å². The number of anilines is 3. The molecule has 1 heterocycles. The highest BCUT2D eigenvalue weighted by Crippen LogP contribution is 2.29. The second-order valence-corrected chi connectivity index (χ2v) is 6.55. The number of para-hydroxylation sites is 1. The van der Waals surface area contributed by atoms with E-state index >= 15 is 0 Å². The number of rotatable bonds is 5. The number of hydrogen-bond donors (Lipinski definition) is 2. The lowest BCUT2D eigenvalue weighted by molar-refractivity contribution is -0.114. The molecule has 1 aliphatic rings. The van der Waals surface area contributed by atoms with Gasteiger partial charge in [-0.15, -0.1) is 0 Å². The fourth-order valence-corrected chi connectivity index (χ4v) is 3.30. The van der Waals surface area contributed by atoms with Crippen LogP contribution in [0.2, 0.25) is 10.0 Å². The van der Waals surface area contributed by atoms with Gasteiger partial charge in [-0.2, -0.15) is 0 Å². The van der Waals surface area contributed by atoms with Crippen LogP contribution in [0.3, 0.4) is 0 Å². The normalized spacial score (nSPS) is 13.8. The van der Waals surface area contributed by atoms with E-state index in [9.17, 15) is 4.79 Å². The molecule has 2 N–H and O–H groups in total. The van der Waals surface area contributed by atoms with Gasteiger partial charge in [0, 0.05) is 24.5 Å². The summed E-state index contributed by atoms with van der Waals surface area (Å²) >= 11 is 12.1. The van der Waals surface area contributed by atoms with Crippen molar-refractivity contribution in [2.45, 2.75) is 12.8 Å². The minimum Gasteiger partial charge on any atom is -0.374 e. The van der Waals surface area contributed by atoms with Crippen LogP contribution in [0, 0.1) is 0 Å². The first-order valence-electron chi connectivity index (χ1n) is 7.96. The maximum absolute atomic E-state index is 12.1. The van der Waals surface area contributed by atoms with E-state index in [2.05, 4.69) is 15.5 Å². The summed E-state index contributed by atoms with van der Waals surface area (Å²) in [6, 6.07) is 13.1. The van der Waals surface area contributed by atoms with Crippen molar-refractivity contribution in [2.75, 3.05) is 35.2 Å². The maximum atomic E-state index is 12.1. The molecule has 126 valence electrons. The van der Waals surface area contributed by atoms with Crippen molar-refractivity contribution in [3.63, 3.8) is 0 Å². The molecule has 4 nitrogen and oxygen atoms in total. The monoisotopic (exact) mass is 363 g/mol. The molecule has 24 heavy (non-hydrogen) atoms. The van der Waals surface area contributed by atoms with Gasteiger partial charge in [0.15, 0.2) is 0 Å². The second kappa shape index (κ2) is 7.77. The van der Waals surface area contributed by atoms with Gasteiger partial charge in [-0.05, 0) is 49.2 Å². The number of hydrogen-bond acceptors (Lipinski definition) is 3. The predicted molar refractivity (Wildman–Crippen MR) is 101 cm³/mol. The molecule has 3 rings (SSSR count). The first kappa shape index (κ1) is 16.9. The summed E-state index contributed by atoms with van der Waals surface area (Å²) < 4.78 is 0. The average Bonchev–Trinajstić information content (AvgIpc) is 3.09. The molecule has 0 atom stereocenters. The van der Waals surface area contributed by atoms with Crippen LogP contribution in [0.1, 0.15) is 12.8 Å². The van der Waals surface area contributed by atoms with Gasteiger partial charge in [0.2, 0.25) is 5.91 Å². The zero-order chi connectivity index (χ0) is 16.9. The molecule has 0 aromatic heterocycles. The molecule has 0 aliphatic carbocycles. The van der Waals surface area contributed by atoms with E-state index in [-0.39, 0.29) is 12.5 Å². The molecule has 0 bridgehead atoms. The Hall–Kier alpha value is -1.91. The van der Waals surface area contributed by atoms with Crippen LogP contribution < -0.4 is 15.5 Å². The molecule has 1 aliphatic heterocycles. The Morgan fingerprint density at radius 3 is 2.25 bits per heavy atom. The van der Waals surface area contributed by atoms with Crippen molar-refractivity contribution >= 4 is 46.2 Å². The fraction of sp³-hybridized carbons (Fsp3) is 0.278. The number of halogens is 2. The van der Waals surface area contributed by atoms with E-state index in [1.54, 1.807) is 18.2 Å². The third-order valence-electron chi connectivity index (χ3n) is 4.01. The molecule has 6 heteroatoms. The number of carbonyl (C=O) groups excluding carboxylic acids is 1. The van der Waals surface area contributed by atoms with Crippen molar-refractivity contribution in [3.05, 3.63) is 52.5 Å². The Kier molecular flexibility index (Phi) is 5.48. The minimum absolute atomic E-state index is 0.0946. The smallest absolute Gasteiger partial charge is 0.243 e. The standard InChI is InChI=1S/C18H19Cl2N3O/c19-15-4-3-5-16(20)18(15)21-12-17(24)22-13-6-8-14(9-7-13)23-10-1-2-11-23/h3-9,21H,1-2,10-12H2,(H,22,24). The van der Waals surface area contributed by atoms with Gasteiger partial charge in [0.05, 0.1) is 22.3 Å². The zero-order valence-corrected chi connectivity index (χ0v) is 14.7. The van der Waals surface area contributed by atoms with Crippen LogP contribution in [0.4, 0.5) is 17.1 Å². The molecule has 1 fully saturated rings. The lowest BCUT2D eigenvalue weighted by Crippen LogP contribution is -2.22. The Bertz CT molecular complexity index is 692. The molecule has 2 aromatic carbocycles. The Morgan fingerprint density at radius 2 is 1.62 bits per heavy atom. The molecule has 1 saturated heterocycles. The van der Waals surface area contributed by atoms with Crippen LogP contribution in [-0.4, -0.2) is 25.5 Å². The summed E-state index contributed by atoms with van der Waals surface area (Å²) in [5.74, 6) is -0.153. The third kappa shape index (κ3) is 4.13. The first-order valence-corrected chi connectivity index (χ1v) is 8.72. The van der Waals surface area contributed by atoms with E-state index in [4.69, 9.17) is 23.2 Å². The number of benzene rings is 2. The highest BCUT2D eigenvalue weighted by molar-refractivity contribution is 6.39. The van der Waals surface area contributed by atoms with E-state index in [1.807, 2.05) is 24.3 Å². The summed E-state index contributed by atoms with van der Waals surface area (Å²) in [5, 5.41) is 6.82. The predicted octanol–water partition coefficient (Wildman–Crippen LogP) is 4.64. The van der Waals surface area contributed by atoms with Gasteiger partial charge >= 0.3 is 0 Å². The van der Waals surface area contributed by atoms with E-state index in [0.717, 1.165) is 18.8 Å². The molecule has 0 unspecified atom stereocenters. The summed E-state index contributed by atoms with van der Waals surface area (Å²) in [6.07, 6.45) is 2.49. The van der Waals surface area contributed by atoms with Crippen molar-refractivity contribution in [2.24, 2.45) is 0 Å². The molecule has 0 saturated carbocycles. The maximum Gasteiger partial charge on any atom is 0.243 e. The van der Waals surface area contributed by atoms with Crippen molar-refractivity contribution in [3.8, 4) is 0 Å². The summed E-state index contributed by atoms with van der Waals surface area (Å²) in [7, 11) is 0. The number of nitrogens with zero attached hydrogens (tertiary/aromatic N) is 1. The minimum atomic E-state index is -0.153. The van der Waals surface area contributed by atoms with Crippen LogP contribution >= 0.6 is 23.2 Å². The van der Waals surface area contributed by atoms with Gasteiger partial charge in [0.1, 0.15) is 0 Å². The lowest BCUT2D eigenvalue weighted by atomic mass is 10.2. The molecular formula is C18H19Cl2N3O. The zero-order valence-electron chi connectivity index (χ0n) is 13.2. The molecule has 0 radical (unpaired) electrons. The largest absolute Gasteiger partial charge is 0.374 e. The number of amides is 1. The van der Waals surface area contributed by atoms with Crippen molar-refractivity contribution < 1.29 is 4.79 Å². The van der Waals surface area contributed by atoms with Crippen molar-refractivity contribution in [1.82, 2.24) is 0 Å². The molecule has 2 aromatic rings. The van der Waals surface area contributed by atoms with Crippen LogP contribution in [0.5, 0.6) is 0 Å². The van der Waals surface area contributed by atoms with Crippen molar-refractivity contribution in [1.29, 1.82) is 0 Å². The van der Waals surface area contributed by atoms with Gasteiger partial charge in [0.25, 0.3) is 0 Å². The molecule has 1 amide bonds. The van der Waals surface area contributed by atoms with E-state index in [0.29, 0.717) is 15.7 Å². The Labute approximate surface area is 151 Å². The summed E-state index contributed by atoms with van der Waals surface area (Å²) in [4.78, 5) is 14.4. The highest BCUT2D eigenvalue weighted by atomic mass is 35.5. The fourth-order valence-electron chi connectivity index (χ4n) is 2.77. The SMILES string of the molecule is O=C(CNc1c(Cl)cccc1Cl)Nc1ccc(N2CCCC2)cc1. The number of nitrogens with one attached hydrogen (secondary N) is 2. The quantitative estimate of drug-likeness (QED) is 0.812. The van der Waals surface area contributed by atoms with Gasteiger partial charge in [-0.1, -0.05) is 29.3 Å². The molecular weight excluding hydrogens is 345 g/mol. The van der Waals surface area contributed by atoms with E-state index < -0.39 is 0 Å². The average molecular weight is 364 g/mol. The lowest BCUT2D eigenvalue weighted by Gasteiger charge is -2.18. The highest BCUT2D eigenvalue weighted by Gasteiger charge is 2.12. The van der Waals surface area contributed by atoms with E-state index in [1.165, 1.54) is 18.5 Å². The summed E-state index contributed by atoms with van der Waals surface area (Å²) in [6.45, 7) is 2.31. The Balaban J connectivity index is 1.55. The van der Waals surface area contributed by atoms with Gasteiger partial charge in [-0.25, -0.2) is 0 Å². The summed E-state index contributed by atoms with van der Waals surface area (Å²) in [5.41, 5.74) is 2.54. The van der Waals surface area contributed by atoms with Gasteiger partial charge in [-0.3, -0.25) is 4.79 Å². The molecule has 0 spiro atoms. The Morgan fingerprint density at radius 1 is 1.00 bits per heavy atom. The first-order chi connectivity index (χ1) is 11.6.